The summed E-state index contributed by atoms with van der Waals surface area (Å²) in [6, 6.07) is 4.22. The smallest absolute Gasteiger partial charge is 0.257 e. The highest BCUT2D eigenvalue weighted by molar-refractivity contribution is 5.94. The summed E-state index contributed by atoms with van der Waals surface area (Å²) >= 11 is 0. The summed E-state index contributed by atoms with van der Waals surface area (Å²) in [4.78, 5) is 14.0. The van der Waals surface area contributed by atoms with Crippen LogP contribution >= 0.6 is 0 Å². The molecule has 1 fully saturated rings. The average molecular weight is 291 g/mol. The molecule has 112 valence electrons. The first kappa shape index (κ1) is 15.5. The van der Waals surface area contributed by atoms with Crippen molar-refractivity contribution in [3.63, 3.8) is 0 Å². The van der Waals surface area contributed by atoms with Crippen LogP contribution in [0.3, 0.4) is 0 Å². The highest BCUT2D eigenvalue weighted by Gasteiger charge is 2.27. The molecule has 1 saturated heterocycles. The van der Waals surface area contributed by atoms with E-state index < -0.39 is 5.82 Å². The van der Waals surface area contributed by atoms with Crippen LogP contribution < -0.4 is 0 Å². The number of aliphatic hydroxyl groups is 1. The largest absolute Gasteiger partial charge is 0.384 e. The molecule has 1 aliphatic rings. The van der Waals surface area contributed by atoms with Gasteiger partial charge in [-0.15, -0.1) is 0 Å². The third kappa shape index (κ3) is 3.81. The van der Waals surface area contributed by atoms with Crippen molar-refractivity contribution in [1.29, 1.82) is 0 Å². The Hall–Kier alpha value is -1.90. The second kappa shape index (κ2) is 6.70. The van der Waals surface area contributed by atoms with Gasteiger partial charge in [0.05, 0.1) is 17.8 Å². The molecule has 1 amide bonds. The Morgan fingerprint density at radius 2 is 2.10 bits per heavy atom. The number of morpholine rings is 1. The Morgan fingerprint density at radius 1 is 1.43 bits per heavy atom. The lowest BCUT2D eigenvalue weighted by Crippen LogP contribution is -2.48. The van der Waals surface area contributed by atoms with Crippen molar-refractivity contribution >= 4 is 5.91 Å². The molecule has 0 unspecified atom stereocenters. The lowest BCUT2D eigenvalue weighted by Gasteiger charge is -2.35. The van der Waals surface area contributed by atoms with Crippen molar-refractivity contribution in [2.24, 2.45) is 0 Å². The van der Waals surface area contributed by atoms with Gasteiger partial charge in [0.2, 0.25) is 0 Å². The SMILES string of the molecule is C[C@@H]1CN(C(=O)c2ccc(C#CCO)cc2F)C[C@H](C)O1. The first-order valence-electron chi connectivity index (χ1n) is 6.85. The molecule has 2 rings (SSSR count). The van der Waals surface area contributed by atoms with Crippen molar-refractivity contribution in [2.75, 3.05) is 19.7 Å². The molecule has 1 aliphatic heterocycles. The summed E-state index contributed by atoms with van der Waals surface area (Å²) < 4.78 is 19.6. The van der Waals surface area contributed by atoms with Gasteiger partial charge in [0.25, 0.3) is 5.91 Å². The number of ether oxygens (including phenoxy) is 1. The van der Waals surface area contributed by atoms with E-state index in [1.165, 1.54) is 12.1 Å². The zero-order valence-electron chi connectivity index (χ0n) is 12.1. The Bertz CT molecular complexity index is 581. The van der Waals surface area contributed by atoms with Crippen LogP contribution in [0.4, 0.5) is 4.39 Å². The molecule has 21 heavy (non-hydrogen) atoms. The number of carbonyl (C=O) groups is 1. The Labute approximate surface area is 123 Å². The van der Waals surface area contributed by atoms with Crippen LogP contribution in [0.15, 0.2) is 18.2 Å². The van der Waals surface area contributed by atoms with Gasteiger partial charge in [-0.1, -0.05) is 11.8 Å². The van der Waals surface area contributed by atoms with Gasteiger partial charge in [0, 0.05) is 18.7 Å². The molecule has 4 nitrogen and oxygen atoms in total. The van der Waals surface area contributed by atoms with Gasteiger partial charge in [-0.3, -0.25) is 4.79 Å². The number of benzene rings is 1. The van der Waals surface area contributed by atoms with E-state index in [1.807, 2.05) is 13.8 Å². The van der Waals surface area contributed by atoms with E-state index in [4.69, 9.17) is 9.84 Å². The van der Waals surface area contributed by atoms with Crippen LogP contribution in [-0.4, -0.2) is 47.8 Å². The van der Waals surface area contributed by atoms with Crippen molar-refractivity contribution in [2.45, 2.75) is 26.1 Å². The molecular formula is C16H18FNO3. The van der Waals surface area contributed by atoms with E-state index >= 15 is 0 Å². The maximum absolute atomic E-state index is 14.1. The third-order valence-corrected chi connectivity index (χ3v) is 3.22. The van der Waals surface area contributed by atoms with Crippen LogP contribution in [0.5, 0.6) is 0 Å². The Morgan fingerprint density at radius 3 is 2.67 bits per heavy atom. The van der Waals surface area contributed by atoms with Crippen LogP contribution in [0.25, 0.3) is 0 Å². The monoisotopic (exact) mass is 291 g/mol. The number of rotatable bonds is 1. The number of nitrogens with zero attached hydrogens (tertiary/aromatic N) is 1. The van der Waals surface area contributed by atoms with Crippen molar-refractivity contribution in [1.82, 2.24) is 4.90 Å². The first-order valence-corrected chi connectivity index (χ1v) is 6.85. The number of amides is 1. The minimum atomic E-state index is -0.600. The van der Waals surface area contributed by atoms with Crippen molar-refractivity contribution < 1.29 is 19.0 Å². The molecule has 0 spiro atoms. The quantitative estimate of drug-likeness (QED) is 0.796. The highest BCUT2D eigenvalue weighted by Crippen LogP contribution is 2.17. The fourth-order valence-corrected chi connectivity index (χ4v) is 2.42. The van der Waals surface area contributed by atoms with E-state index in [-0.39, 0.29) is 30.3 Å². The van der Waals surface area contributed by atoms with E-state index in [2.05, 4.69) is 11.8 Å². The fourth-order valence-electron chi connectivity index (χ4n) is 2.42. The van der Waals surface area contributed by atoms with E-state index in [1.54, 1.807) is 11.0 Å². The molecule has 2 atom stereocenters. The molecule has 0 aliphatic carbocycles. The van der Waals surface area contributed by atoms with Gasteiger partial charge in [0.15, 0.2) is 0 Å². The molecule has 0 saturated carbocycles. The number of halogens is 1. The number of carbonyl (C=O) groups excluding carboxylic acids is 1. The summed E-state index contributed by atoms with van der Waals surface area (Å²) in [5, 5.41) is 8.62. The number of hydrogen-bond acceptors (Lipinski definition) is 3. The summed E-state index contributed by atoms with van der Waals surface area (Å²) in [5.41, 5.74) is 0.465. The zero-order chi connectivity index (χ0) is 15.4. The predicted molar refractivity (Wildman–Crippen MR) is 76.3 cm³/mol. The van der Waals surface area contributed by atoms with Crippen LogP contribution in [-0.2, 0) is 4.74 Å². The fraction of sp³-hybridized carbons (Fsp3) is 0.438. The predicted octanol–water partition coefficient (Wildman–Crippen LogP) is 1.42. The van der Waals surface area contributed by atoms with Crippen LogP contribution in [0.1, 0.15) is 29.8 Å². The molecule has 1 aromatic rings. The van der Waals surface area contributed by atoms with Gasteiger partial charge in [0.1, 0.15) is 12.4 Å². The van der Waals surface area contributed by atoms with Gasteiger partial charge in [-0.05, 0) is 32.0 Å². The summed E-state index contributed by atoms with van der Waals surface area (Å²) in [5.74, 6) is 4.12. The minimum Gasteiger partial charge on any atom is -0.384 e. The Kier molecular flexibility index (Phi) is 4.94. The third-order valence-electron chi connectivity index (χ3n) is 3.22. The van der Waals surface area contributed by atoms with Gasteiger partial charge < -0.3 is 14.7 Å². The molecule has 1 aromatic carbocycles. The first-order chi connectivity index (χ1) is 10.0. The zero-order valence-corrected chi connectivity index (χ0v) is 12.1. The van der Waals surface area contributed by atoms with Crippen molar-refractivity contribution in [3.05, 3.63) is 35.1 Å². The van der Waals surface area contributed by atoms with Gasteiger partial charge >= 0.3 is 0 Å². The highest BCUT2D eigenvalue weighted by atomic mass is 19.1. The lowest BCUT2D eigenvalue weighted by molar-refractivity contribution is -0.0587. The van der Waals surface area contributed by atoms with E-state index in [9.17, 15) is 9.18 Å². The second-order valence-corrected chi connectivity index (χ2v) is 5.12. The molecule has 5 heteroatoms. The topological polar surface area (TPSA) is 49.8 Å². The Balaban J connectivity index is 2.19. The molecular weight excluding hydrogens is 273 g/mol. The normalized spacial score (nSPS) is 21.6. The molecule has 0 bridgehead atoms. The standard InChI is InChI=1S/C16H18FNO3/c1-11-9-18(10-12(2)21-11)16(20)14-6-5-13(4-3-7-19)8-15(14)17/h5-6,8,11-12,19H,7,9-10H2,1-2H3/t11-,12+. The lowest BCUT2D eigenvalue weighted by atomic mass is 10.1. The maximum Gasteiger partial charge on any atom is 0.257 e. The van der Waals surface area contributed by atoms with Gasteiger partial charge in [-0.25, -0.2) is 4.39 Å². The summed E-state index contributed by atoms with van der Waals surface area (Å²) in [6.45, 7) is 4.40. The minimum absolute atomic E-state index is 0.0332. The molecule has 1 N–H and O–H groups in total. The van der Waals surface area contributed by atoms with Gasteiger partial charge in [-0.2, -0.15) is 0 Å². The number of aliphatic hydroxyl groups excluding tert-OH is 1. The summed E-state index contributed by atoms with van der Waals surface area (Å²) in [7, 11) is 0. The van der Waals surface area contributed by atoms with Crippen LogP contribution in [0, 0.1) is 17.7 Å². The average Bonchev–Trinajstić information content (AvgIpc) is 2.43. The molecule has 0 aromatic heterocycles. The molecule has 1 heterocycles. The second-order valence-electron chi connectivity index (χ2n) is 5.12. The summed E-state index contributed by atoms with van der Waals surface area (Å²) in [6.07, 6.45) is -0.120. The maximum atomic E-state index is 14.1. The van der Waals surface area contributed by atoms with E-state index in [0.29, 0.717) is 18.7 Å². The van der Waals surface area contributed by atoms with E-state index in [0.717, 1.165) is 0 Å². The molecule has 0 radical (unpaired) electrons. The number of hydrogen-bond donors (Lipinski definition) is 1. The van der Waals surface area contributed by atoms with Crippen LogP contribution in [0.2, 0.25) is 0 Å². The van der Waals surface area contributed by atoms with Crippen molar-refractivity contribution in [3.8, 4) is 11.8 Å².